The second kappa shape index (κ2) is 4.99. The first kappa shape index (κ1) is 12.1. The lowest BCUT2D eigenvalue weighted by Gasteiger charge is -2.31. The molecule has 0 saturated carbocycles. The summed E-state index contributed by atoms with van der Waals surface area (Å²) in [6.07, 6.45) is 2.93. The first-order valence-corrected chi connectivity index (χ1v) is 7.47. The number of ether oxygens (including phenoxy) is 1. The summed E-state index contributed by atoms with van der Waals surface area (Å²) in [5.74, 6) is 0.960. The van der Waals surface area contributed by atoms with Crippen molar-refractivity contribution in [3.05, 3.63) is 44.8 Å². The van der Waals surface area contributed by atoms with Gasteiger partial charge in [0.15, 0.2) is 0 Å². The first-order chi connectivity index (χ1) is 8.78. The number of fused-ring (bicyclic) bond motifs is 1. The number of rotatable bonds is 2. The Balaban J connectivity index is 1.97. The van der Waals surface area contributed by atoms with Crippen molar-refractivity contribution in [2.24, 2.45) is 0 Å². The van der Waals surface area contributed by atoms with Crippen molar-refractivity contribution in [3.63, 3.8) is 0 Å². The predicted octanol–water partition coefficient (Wildman–Crippen LogP) is 3.69. The van der Waals surface area contributed by atoms with Crippen LogP contribution in [-0.2, 0) is 0 Å². The lowest BCUT2D eigenvalue weighted by Crippen LogP contribution is -2.26. The fourth-order valence-corrected chi connectivity index (χ4v) is 3.31. The van der Waals surface area contributed by atoms with Gasteiger partial charge in [0.25, 0.3) is 0 Å². The lowest BCUT2D eigenvalue weighted by atomic mass is 9.96. The summed E-state index contributed by atoms with van der Waals surface area (Å²) in [6.45, 7) is 0. The van der Waals surface area contributed by atoms with Gasteiger partial charge < -0.3 is 10.1 Å². The van der Waals surface area contributed by atoms with Crippen molar-refractivity contribution in [3.8, 4) is 5.75 Å². The van der Waals surface area contributed by atoms with Gasteiger partial charge >= 0.3 is 0 Å². The Hall–Kier alpha value is -0.910. The van der Waals surface area contributed by atoms with E-state index >= 15 is 0 Å². The molecule has 1 aliphatic heterocycles. The molecule has 5 heteroatoms. The molecule has 2 aromatic rings. The Morgan fingerprint density at radius 1 is 1.50 bits per heavy atom. The van der Waals surface area contributed by atoms with Gasteiger partial charge in [-0.15, -0.1) is 11.3 Å². The number of nitrogens with zero attached hydrogens (tertiary/aromatic N) is 1. The Kier molecular flexibility index (Phi) is 3.37. The zero-order valence-electron chi connectivity index (χ0n) is 9.89. The second-order valence-corrected chi connectivity index (χ2v) is 6.10. The molecule has 0 radical (unpaired) electrons. The van der Waals surface area contributed by atoms with Crippen LogP contribution in [0.1, 0.15) is 29.0 Å². The maximum Gasteiger partial charge on any atom is 0.136 e. The molecule has 0 fully saturated rings. The van der Waals surface area contributed by atoms with Gasteiger partial charge in [-0.1, -0.05) is 15.9 Å². The zero-order chi connectivity index (χ0) is 12.5. The summed E-state index contributed by atoms with van der Waals surface area (Å²) in [4.78, 5) is 5.31. The van der Waals surface area contributed by atoms with Crippen LogP contribution in [0.5, 0.6) is 5.75 Å². The van der Waals surface area contributed by atoms with E-state index in [4.69, 9.17) is 4.74 Å². The van der Waals surface area contributed by atoms with E-state index in [1.807, 2.05) is 30.9 Å². The minimum atomic E-state index is 0.101. The average Bonchev–Trinajstić information content (AvgIpc) is 2.91. The molecule has 2 heterocycles. The molecule has 3 rings (SSSR count). The van der Waals surface area contributed by atoms with Crippen LogP contribution in [0.25, 0.3) is 0 Å². The molecule has 1 N–H and O–H groups in total. The Morgan fingerprint density at radius 2 is 2.39 bits per heavy atom. The first-order valence-electron chi connectivity index (χ1n) is 5.79. The molecule has 1 aromatic heterocycles. The summed E-state index contributed by atoms with van der Waals surface area (Å²) >= 11 is 5.16. The van der Waals surface area contributed by atoms with Crippen LogP contribution in [0.15, 0.2) is 34.4 Å². The van der Waals surface area contributed by atoms with E-state index in [9.17, 15) is 0 Å². The van der Waals surface area contributed by atoms with Crippen LogP contribution in [0.2, 0.25) is 0 Å². The quantitative estimate of drug-likeness (QED) is 0.914. The van der Waals surface area contributed by atoms with E-state index in [1.54, 1.807) is 11.3 Å². The van der Waals surface area contributed by atoms with Gasteiger partial charge in [-0.3, -0.25) is 4.98 Å². The van der Waals surface area contributed by atoms with Gasteiger partial charge in [0.2, 0.25) is 0 Å². The highest BCUT2D eigenvalue weighted by atomic mass is 79.9. The smallest absolute Gasteiger partial charge is 0.136 e. The van der Waals surface area contributed by atoms with Crippen LogP contribution in [0.3, 0.4) is 0 Å². The number of halogens is 1. The topological polar surface area (TPSA) is 34.2 Å². The largest absolute Gasteiger partial charge is 0.484 e. The van der Waals surface area contributed by atoms with Gasteiger partial charge in [0, 0.05) is 28.7 Å². The molecular formula is C13H13BrN2OS. The van der Waals surface area contributed by atoms with E-state index < -0.39 is 0 Å². The molecule has 3 nitrogen and oxygen atoms in total. The Bertz CT molecular complexity index is 544. The summed E-state index contributed by atoms with van der Waals surface area (Å²) in [7, 11) is 1.99. The number of nitrogens with one attached hydrogen (secondary N) is 1. The summed E-state index contributed by atoms with van der Waals surface area (Å²) < 4.78 is 7.16. The molecule has 2 atom stereocenters. The van der Waals surface area contributed by atoms with E-state index in [0.29, 0.717) is 6.04 Å². The Morgan fingerprint density at radius 3 is 3.11 bits per heavy atom. The third kappa shape index (κ3) is 2.18. The molecule has 1 aromatic carbocycles. The summed E-state index contributed by atoms with van der Waals surface area (Å²) in [5, 5.41) is 3.36. The second-order valence-electron chi connectivity index (χ2n) is 4.27. The normalized spacial score (nSPS) is 22.3. The minimum absolute atomic E-state index is 0.101. The van der Waals surface area contributed by atoms with Crippen molar-refractivity contribution >= 4 is 27.3 Å². The standard InChI is InChI=1S/C13H13BrN2OS/c1-15-10-5-12(13-6-16-7-18-13)17-11-3-2-8(14)4-9(10)11/h2-4,6-7,10,12,15H,5H2,1H3. The maximum absolute atomic E-state index is 6.07. The van der Waals surface area contributed by atoms with Crippen molar-refractivity contribution in [2.75, 3.05) is 7.05 Å². The minimum Gasteiger partial charge on any atom is -0.484 e. The van der Waals surface area contributed by atoms with Gasteiger partial charge in [0.1, 0.15) is 11.9 Å². The van der Waals surface area contributed by atoms with E-state index in [1.165, 1.54) is 10.4 Å². The van der Waals surface area contributed by atoms with Crippen molar-refractivity contribution in [1.29, 1.82) is 0 Å². The predicted molar refractivity (Wildman–Crippen MR) is 76.0 cm³/mol. The maximum atomic E-state index is 6.07. The van der Waals surface area contributed by atoms with Crippen LogP contribution >= 0.6 is 27.3 Å². The number of hydrogen-bond acceptors (Lipinski definition) is 4. The lowest BCUT2D eigenvalue weighted by molar-refractivity contribution is 0.157. The molecule has 18 heavy (non-hydrogen) atoms. The van der Waals surface area contributed by atoms with Crippen molar-refractivity contribution in [2.45, 2.75) is 18.6 Å². The van der Waals surface area contributed by atoms with Crippen LogP contribution < -0.4 is 10.1 Å². The summed E-state index contributed by atoms with van der Waals surface area (Å²) in [5.41, 5.74) is 3.07. The highest BCUT2D eigenvalue weighted by Crippen LogP contribution is 2.42. The zero-order valence-corrected chi connectivity index (χ0v) is 12.3. The third-order valence-electron chi connectivity index (χ3n) is 3.18. The van der Waals surface area contributed by atoms with Crippen LogP contribution in [0.4, 0.5) is 0 Å². The molecule has 94 valence electrons. The average molecular weight is 325 g/mol. The van der Waals surface area contributed by atoms with Gasteiger partial charge in [-0.25, -0.2) is 0 Å². The monoisotopic (exact) mass is 324 g/mol. The van der Waals surface area contributed by atoms with Crippen molar-refractivity contribution in [1.82, 2.24) is 10.3 Å². The molecule has 0 bridgehead atoms. The van der Waals surface area contributed by atoms with Crippen molar-refractivity contribution < 1.29 is 4.74 Å². The van der Waals surface area contributed by atoms with Gasteiger partial charge in [-0.2, -0.15) is 0 Å². The number of aromatic nitrogens is 1. The number of thiazole rings is 1. The Labute approximate surface area is 118 Å². The highest BCUT2D eigenvalue weighted by molar-refractivity contribution is 9.10. The molecule has 0 spiro atoms. The summed E-state index contributed by atoms with van der Waals surface area (Å²) in [6, 6.07) is 6.48. The van der Waals surface area contributed by atoms with Crippen LogP contribution in [0, 0.1) is 0 Å². The highest BCUT2D eigenvalue weighted by Gasteiger charge is 2.29. The van der Waals surface area contributed by atoms with Gasteiger partial charge in [0.05, 0.1) is 10.4 Å². The molecular weight excluding hydrogens is 312 g/mol. The third-order valence-corrected chi connectivity index (χ3v) is 4.54. The van der Waals surface area contributed by atoms with E-state index in [0.717, 1.165) is 16.6 Å². The van der Waals surface area contributed by atoms with E-state index in [-0.39, 0.29) is 6.10 Å². The van der Waals surface area contributed by atoms with Crippen LogP contribution in [-0.4, -0.2) is 12.0 Å². The fourth-order valence-electron chi connectivity index (χ4n) is 2.27. The molecule has 0 aliphatic carbocycles. The molecule has 0 saturated heterocycles. The number of hydrogen-bond donors (Lipinski definition) is 1. The number of benzene rings is 1. The fraction of sp³-hybridized carbons (Fsp3) is 0.308. The molecule has 1 aliphatic rings. The van der Waals surface area contributed by atoms with Gasteiger partial charge in [-0.05, 0) is 25.2 Å². The molecule has 0 amide bonds. The SMILES string of the molecule is CNC1CC(c2cncs2)Oc2ccc(Br)cc21. The van der Waals surface area contributed by atoms with E-state index in [2.05, 4.69) is 32.3 Å². The molecule has 2 unspecified atom stereocenters.